The van der Waals surface area contributed by atoms with E-state index in [4.69, 9.17) is 5.73 Å². The summed E-state index contributed by atoms with van der Waals surface area (Å²) >= 11 is 10.1. The standard InChI is InChI=1S/C10H10Br3N3O/c11-2-5-1-7(17)16(4-5)9-8(14)6(12)3-15-10(9)13/h3,5H,1-2,4H2,(H2,14,15). The Kier molecular flexibility index (Phi) is 4.10. The molecule has 0 aromatic carbocycles. The molecule has 1 unspecified atom stereocenters. The van der Waals surface area contributed by atoms with Gasteiger partial charge >= 0.3 is 0 Å². The van der Waals surface area contributed by atoms with Gasteiger partial charge in [0.1, 0.15) is 10.3 Å². The van der Waals surface area contributed by atoms with Crippen molar-refractivity contribution < 1.29 is 4.79 Å². The Labute approximate surface area is 124 Å². The lowest BCUT2D eigenvalue weighted by atomic mass is 10.2. The topological polar surface area (TPSA) is 59.2 Å². The molecule has 1 amide bonds. The van der Waals surface area contributed by atoms with Gasteiger partial charge in [-0.3, -0.25) is 4.79 Å². The Morgan fingerprint density at radius 1 is 1.53 bits per heavy atom. The van der Waals surface area contributed by atoms with E-state index >= 15 is 0 Å². The minimum absolute atomic E-state index is 0.0850. The van der Waals surface area contributed by atoms with Gasteiger partial charge in [-0.2, -0.15) is 0 Å². The molecule has 0 radical (unpaired) electrons. The van der Waals surface area contributed by atoms with Gasteiger partial charge in [0.2, 0.25) is 5.91 Å². The number of hydrogen-bond acceptors (Lipinski definition) is 3. The van der Waals surface area contributed by atoms with Gasteiger partial charge in [-0.15, -0.1) is 0 Å². The van der Waals surface area contributed by atoms with Crippen LogP contribution in [0.3, 0.4) is 0 Å². The minimum atomic E-state index is 0.0850. The average Bonchev–Trinajstić information content (AvgIpc) is 2.66. The summed E-state index contributed by atoms with van der Waals surface area (Å²) < 4.78 is 1.30. The quantitative estimate of drug-likeness (QED) is 0.583. The monoisotopic (exact) mass is 425 g/mol. The fraction of sp³-hybridized carbons (Fsp3) is 0.400. The highest BCUT2D eigenvalue weighted by molar-refractivity contribution is 9.11. The number of carbonyl (C=O) groups excluding carboxylic acids is 1. The average molecular weight is 428 g/mol. The van der Waals surface area contributed by atoms with Crippen LogP contribution in [0.15, 0.2) is 15.3 Å². The molecule has 4 nitrogen and oxygen atoms in total. The van der Waals surface area contributed by atoms with Gasteiger partial charge in [0, 0.05) is 24.5 Å². The van der Waals surface area contributed by atoms with Gasteiger partial charge in [-0.05, 0) is 37.8 Å². The Bertz CT molecular complexity index is 466. The number of pyridine rings is 1. The summed E-state index contributed by atoms with van der Waals surface area (Å²) in [4.78, 5) is 17.8. The zero-order valence-electron chi connectivity index (χ0n) is 8.79. The number of rotatable bonds is 2. The first kappa shape index (κ1) is 13.3. The SMILES string of the molecule is Nc1c(Br)cnc(Br)c1N1CC(CBr)CC1=O. The molecule has 7 heteroatoms. The van der Waals surface area contributed by atoms with Gasteiger partial charge in [0.05, 0.1) is 10.2 Å². The van der Waals surface area contributed by atoms with Crippen molar-refractivity contribution in [2.75, 3.05) is 22.5 Å². The fourth-order valence-corrected chi connectivity index (χ4v) is 3.08. The van der Waals surface area contributed by atoms with E-state index in [0.717, 1.165) is 5.33 Å². The molecule has 17 heavy (non-hydrogen) atoms. The van der Waals surface area contributed by atoms with Crippen molar-refractivity contribution in [3.63, 3.8) is 0 Å². The van der Waals surface area contributed by atoms with Gasteiger partial charge in [-0.1, -0.05) is 15.9 Å². The zero-order chi connectivity index (χ0) is 12.6. The third-order valence-electron chi connectivity index (χ3n) is 2.69. The number of nitrogens with zero attached hydrogens (tertiary/aromatic N) is 2. The predicted octanol–water partition coefficient (Wildman–Crippen LogP) is 2.94. The number of aromatic nitrogens is 1. The number of halogens is 3. The van der Waals surface area contributed by atoms with Crippen molar-refractivity contribution in [3.05, 3.63) is 15.3 Å². The number of nitrogen functional groups attached to an aromatic ring is 1. The van der Waals surface area contributed by atoms with Crippen LogP contribution in [0.4, 0.5) is 11.4 Å². The van der Waals surface area contributed by atoms with Crippen molar-refractivity contribution >= 4 is 65.1 Å². The first-order valence-electron chi connectivity index (χ1n) is 5.00. The molecule has 1 saturated heterocycles. The lowest BCUT2D eigenvalue weighted by Crippen LogP contribution is -2.26. The van der Waals surface area contributed by atoms with Gasteiger partial charge in [0.15, 0.2) is 0 Å². The van der Waals surface area contributed by atoms with Crippen LogP contribution in [0.5, 0.6) is 0 Å². The molecule has 1 aromatic heterocycles. The second kappa shape index (κ2) is 5.24. The van der Waals surface area contributed by atoms with E-state index in [0.29, 0.717) is 39.3 Å². The Hall–Kier alpha value is -0.140. The third kappa shape index (κ3) is 2.51. The lowest BCUT2D eigenvalue weighted by molar-refractivity contribution is -0.117. The summed E-state index contributed by atoms with van der Waals surface area (Å²) in [5.74, 6) is 0.412. The first-order chi connectivity index (χ1) is 8.04. The summed E-state index contributed by atoms with van der Waals surface area (Å²) in [5.41, 5.74) is 7.19. The van der Waals surface area contributed by atoms with Crippen LogP contribution in [0.25, 0.3) is 0 Å². The molecule has 2 heterocycles. The fourth-order valence-electron chi connectivity index (χ4n) is 1.83. The van der Waals surface area contributed by atoms with Crippen LogP contribution in [0, 0.1) is 5.92 Å². The lowest BCUT2D eigenvalue weighted by Gasteiger charge is -2.20. The minimum Gasteiger partial charge on any atom is -0.396 e. The summed E-state index contributed by atoms with van der Waals surface area (Å²) in [6, 6.07) is 0. The molecule has 0 bridgehead atoms. The number of hydrogen-bond donors (Lipinski definition) is 1. The van der Waals surface area contributed by atoms with Gasteiger partial charge in [-0.25, -0.2) is 4.98 Å². The highest BCUT2D eigenvalue weighted by Gasteiger charge is 2.32. The van der Waals surface area contributed by atoms with E-state index in [1.807, 2.05) is 0 Å². The van der Waals surface area contributed by atoms with Crippen molar-refractivity contribution in [1.29, 1.82) is 0 Å². The molecule has 1 aliphatic heterocycles. The largest absolute Gasteiger partial charge is 0.396 e. The van der Waals surface area contributed by atoms with E-state index in [1.165, 1.54) is 0 Å². The van der Waals surface area contributed by atoms with Crippen molar-refractivity contribution in [2.24, 2.45) is 5.92 Å². The number of amides is 1. The van der Waals surface area contributed by atoms with Crippen LogP contribution < -0.4 is 10.6 Å². The molecule has 2 rings (SSSR count). The highest BCUT2D eigenvalue weighted by atomic mass is 79.9. The van der Waals surface area contributed by atoms with E-state index in [9.17, 15) is 4.79 Å². The molecular weight excluding hydrogens is 418 g/mol. The molecule has 0 aliphatic carbocycles. The first-order valence-corrected chi connectivity index (χ1v) is 7.71. The summed E-state index contributed by atoms with van der Waals surface area (Å²) in [5, 5.41) is 0.814. The van der Waals surface area contributed by atoms with Crippen LogP contribution >= 0.6 is 47.8 Å². The predicted molar refractivity (Wildman–Crippen MR) is 78.3 cm³/mol. The Morgan fingerprint density at radius 3 is 2.82 bits per heavy atom. The maximum atomic E-state index is 11.9. The zero-order valence-corrected chi connectivity index (χ0v) is 13.5. The van der Waals surface area contributed by atoms with E-state index in [-0.39, 0.29) is 5.91 Å². The van der Waals surface area contributed by atoms with Crippen molar-refractivity contribution in [1.82, 2.24) is 4.98 Å². The van der Waals surface area contributed by atoms with E-state index in [2.05, 4.69) is 52.8 Å². The Morgan fingerprint density at radius 2 is 2.24 bits per heavy atom. The molecule has 1 aliphatic rings. The molecule has 0 spiro atoms. The van der Waals surface area contributed by atoms with Gasteiger partial charge < -0.3 is 10.6 Å². The molecule has 1 fully saturated rings. The normalized spacial score (nSPS) is 20.1. The molecule has 1 aromatic rings. The summed E-state index contributed by atoms with van der Waals surface area (Å²) in [7, 11) is 0. The molecule has 92 valence electrons. The van der Waals surface area contributed by atoms with Gasteiger partial charge in [0.25, 0.3) is 0 Å². The smallest absolute Gasteiger partial charge is 0.227 e. The maximum Gasteiger partial charge on any atom is 0.227 e. The number of nitrogens with two attached hydrogens (primary N) is 1. The summed E-state index contributed by atoms with van der Waals surface area (Å²) in [6.45, 7) is 0.672. The molecule has 1 atom stereocenters. The highest BCUT2D eigenvalue weighted by Crippen LogP contribution is 2.38. The molecule has 2 N–H and O–H groups in total. The molecule has 0 saturated carbocycles. The van der Waals surface area contributed by atoms with Crippen LogP contribution in [-0.2, 0) is 4.79 Å². The van der Waals surface area contributed by atoms with Crippen LogP contribution in [0.2, 0.25) is 0 Å². The third-order valence-corrected chi connectivity index (χ3v) is 4.82. The second-order valence-electron chi connectivity index (χ2n) is 3.89. The van der Waals surface area contributed by atoms with Crippen LogP contribution in [-0.4, -0.2) is 22.8 Å². The Balaban J connectivity index is 2.41. The van der Waals surface area contributed by atoms with E-state index in [1.54, 1.807) is 11.1 Å². The van der Waals surface area contributed by atoms with Crippen molar-refractivity contribution in [3.8, 4) is 0 Å². The summed E-state index contributed by atoms with van der Waals surface area (Å²) in [6.07, 6.45) is 2.16. The number of anilines is 2. The number of carbonyl (C=O) groups is 1. The van der Waals surface area contributed by atoms with Crippen LogP contribution in [0.1, 0.15) is 6.42 Å². The van der Waals surface area contributed by atoms with E-state index < -0.39 is 0 Å². The number of alkyl halides is 1. The second-order valence-corrected chi connectivity index (χ2v) is 6.14. The maximum absolute atomic E-state index is 11.9. The van der Waals surface area contributed by atoms with Crippen molar-refractivity contribution in [2.45, 2.75) is 6.42 Å². The molecular formula is C10H10Br3N3O.